The molecule has 160 valence electrons. The van der Waals surface area contributed by atoms with Gasteiger partial charge in [0.05, 0.1) is 17.7 Å². The van der Waals surface area contributed by atoms with Crippen LogP contribution in [0.5, 0.6) is 5.75 Å². The molecule has 0 saturated heterocycles. The summed E-state index contributed by atoms with van der Waals surface area (Å²) < 4.78 is 26.5. The fourth-order valence-electron chi connectivity index (χ4n) is 3.82. The Balaban J connectivity index is 2.88. The van der Waals surface area contributed by atoms with Crippen molar-refractivity contribution in [1.29, 1.82) is 0 Å². The van der Waals surface area contributed by atoms with Gasteiger partial charge in [-0.25, -0.2) is 4.79 Å². The Hall–Kier alpha value is -1.62. The number of carbonyl (C=O) groups excluding carboxylic acids is 1. The average molecular weight is 467 g/mol. The summed E-state index contributed by atoms with van der Waals surface area (Å²) in [6, 6.07) is 1.97. The smallest absolute Gasteiger partial charge is 0.367 e. The van der Waals surface area contributed by atoms with E-state index in [1.165, 1.54) is 5.57 Å². The van der Waals surface area contributed by atoms with Gasteiger partial charge in [-0.1, -0.05) is 40.7 Å². The van der Waals surface area contributed by atoms with E-state index in [1.54, 1.807) is 13.8 Å². The number of ether oxygens (including phenoxy) is 2. The van der Waals surface area contributed by atoms with Crippen LogP contribution in [0.2, 0.25) is 0 Å². The summed E-state index contributed by atoms with van der Waals surface area (Å²) in [5.74, 6) is -1.28. The van der Waals surface area contributed by atoms with Crippen molar-refractivity contribution in [2.75, 3.05) is 13.2 Å². The van der Waals surface area contributed by atoms with E-state index < -0.39 is 11.8 Å². The molecule has 5 heteroatoms. The van der Waals surface area contributed by atoms with Crippen molar-refractivity contribution in [1.82, 2.24) is 0 Å². The lowest BCUT2D eigenvalue weighted by Gasteiger charge is -2.38. The molecule has 0 N–H and O–H groups in total. The molecule has 1 aromatic rings. The van der Waals surface area contributed by atoms with Crippen LogP contribution in [0.1, 0.15) is 78.5 Å². The van der Waals surface area contributed by atoms with Crippen LogP contribution < -0.4 is 4.74 Å². The van der Waals surface area contributed by atoms with Gasteiger partial charge in [0.1, 0.15) is 5.75 Å². The number of hydrogen-bond acceptors (Lipinski definition) is 3. The molecule has 0 unspecified atom stereocenters. The van der Waals surface area contributed by atoms with Crippen molar-refractivity contribution >= 4 is 33.0 Å². The molecule has 0 aromatic heterocycles. The Morgan fingerprint density at radius 1 is 1.24 bits per heavy atom. The summed E-state index contributed by atoms with van der Waals surface area (Å²) in [6.07, 6.45) is 3.18. The van der Waals surface area contributed by atoms with Gasteiger partial charge >= 0.3 is 5.97 Å². The maximum Gasteiger partial charge on any atom is 0.367 e. The highest BCUT2D eigenvalue weighted by molar-refractivity contribution is 9.10. The molecular formula is C24H32BrFO3. The molecule has 0 aliphatic heterocycles. The molecule has 0 atom stereocenters. The summed E-state index contributed by atoms with van der Waals surface area (Å²) in [4.78, 5) is 12.0. The third-order valence-electron chi connectivity index (χ3n) is 5.29. The number of allylic oxidation sites excluding steroid dienone is 3. The second kappa shape index (κ2) is 8.63. The number of rotatable bonds is 5. The standard InChI is InChI=1S/C24H32BrFO3/c1-9-28-21-15(14(3)20(26)22(27)29-10-2)13-16-17(23(4,5)6)11-12-24(7,8)18(16)19(21)25/h11,13H,9-10,12H2,1-8H3/b20-14+. The SMILES string of the molecule is CCOC(=O)/C(F)=C(/C)c1cc2c(c(Br)c1OCC)C(C)(C)CC=C2C(C)(C)C. The van der Waals surface area contributed by atoms with E-state index in [2.05, 4.69) is 56.6 Å². The minimum Gasteiger partial charge on any atom is -0.492 e. The highest BCUT2D eigenvalue weighted by Gasteiger charge is 2.36. The topological polar surface area (TPSA) is 35.5 Å². The number of hydrogen-bond donors (Lipinski definition) is 0. The van der Waals surface area contributed by atoms with Crippen LogP contribution >= 0.6 is 15.9 Å². The van der Waals surface area contributed by atoms with E-state index in [0.717, 1.165) is 22.0 Å². The second-order valence-corrected chi connectivity index (χ2v) is 9.83. The zero-order valence-corrected chi connectivity index (χ0v) is 20.3. The molecular weight excluding hydrogens is 435 g/mol. The Morgan fingerprint density at radius 2 is 1.86 bits per heavy atom. The first-order valence-electron chi connectivity index (χ1n) is 10.1. The van der Waals surface area contributed by atoms with Gasteiger partial charge in [-0.2, -0.15) is 4.39 Å². The van der Waals surface area contributed by atoms with Crippen LogP contribution in [0, 0.1) is 5.41 Å². The zero-order valence-electron chi connectivity index (χ0n) is 18.8. The molecule has 0 fully saturated rings. The lowest BCUT2D eigenvalue weighted by atomic mass is 9.67. The van der Waals surface area contributed by atoms with Gasteiger partial charge < -0.3 is 9.47 Å². The number of esters is 1. The number of carbonyl (C=O) groups is 1. The minimum absolute atomic E-state index is 0.0770. The Labute approximate surface area is 182 Å². The molecule has 0 spiro atoms. The van der Waals surface area contributed by atoms with Gasteiger partial charge in [0.15, 0.2) is 0 Å². The molecule has 0 bridgehead atoms. The summed E-state index contributed by atoms with van der Waals surface area (Å²) in [5, 5.41) is 0. The molecule has 0 heterocycles. The fraction of sp³-hybridized carbons (Fsp3) is 0.542. The van der Waals surface area contributed by atoms with Crippen LogP contribution in [0.4, 0.5) is 4.39 Å². The summed E-state index contributed by atoms with van der Waals surface area (Å²) in [7, 11) is 0. The number of halogens is 2. The van der Waals surface area contributed by atoms with Crippen LogP contribution in [-0.4, -0.2) is 19.2 Å². The first-order chi connectivity index (χ1) is 13.4. The average Bonchev–Trinajstić information content (AvgIpc) is 2.61. The molecule has 3 nitrogen and oxygen atoms in total. The van der Waals surface area contributed by atoms with Crippen LogP contribution in [0.25, 0.3) is 11.1 Å². The fourth-order valence-corrected chi connectivity index (χ4v) is 4.89. The molecule has 1 aromatic carbocycles. The maximum absolute atomic E-state index is 14.8. The molecule has 2 rings (SSSR count). The third-order valence-corrected chi connectivity index (χ3v) is 6.05. The van der Waals surface area contributed by atoms with E-state index in [9.17, 15) is 9.18 Å². The van der Waals surface area contributed by atoms with Gasteiger partial charge in [-0.15, -0.1) is 0 Å². The molecule has 0 saturated carbocycles. The Kier molecular flexibility index (Phi) is 7.04. The van der Waals surface area contributed by atoms with Crippen LogP contribution in [0.15, 0.2) is 22.4 Å². The maximum atomic E-state index is 14.8. The molecule has 1 aliphatic carbocycles. The predicted octanol–water partition coefficient (Wildman–Crippen LogP) is 7.22. The monoisotopic (exact) mass is 466 g/mol. The van der Waals surface area contributed by atoms with Crippen LogP contribution in [-0.2, 0) is 14.9 Å². The lowest BCUT2D eigenvalue weighted by Crippen LogP contribution is -2.26. The van der Waals surface area contributed by atoms with E-state index in [0.29, 0.717) is 17.9 Å². The highest BCUT2D eigenvalue weighted by Crippen LogP contribution is 2.52. The first kappa shape index (κ1) is 23.7. The van der Waals surface area contributed by atoms with E-state index in [4.69, 9.17) is 9.47 Å². The molecule has 29 heavy (non-hydrogen) atoms. The normalized spacial score (nSPS) is 16.6. The largest absolute Gasteiger partial charge is 0.492 e. The lowest BCUT2D eigenvalue weighted by molar-refractivity contribution is -0.140. The van der Waals surface area contributed by atoms with Crippen molar-refractivity contribution in [2.24, 2.45) is 5.41 Å². The first-order valence-corrected chi connectivity index (χ1v) is 10.9. The number of fused-ring (bicyclic) bond motifs is 1. The summed E-state index contributed by atoms with van der Waals surface area (Å²) in [5.41, 5.74) is 4.03. The van der Waals surface area contributed by atoms with E-state index >= 15 is 0 Å². The predicted molar refractivity (Wildman–Crippen MR) is 121 cm³/mol. The highest BCUT2D eigenvalue weighted by atomic mass is 79.9. The second-order valence-electron chi connectivity index (χ2n) is 9.04. The van der Waals surface area contributed by atoms with Crippen LogP contribution in [0.3, 0.4) is 0 Å². The van der Waals surface area contributed by atoms with Gasteiger partial charge in [0, 0.05) is 11.1 Å². The molecule has 0 amide bonds. The van der Waals surface area contributed by atoms with Gasteiger partial charge in [-0.3, -0.25) is 0 Å². The third kappa shape index (κ3) is 4.60. The Morgan fingerprint density at radius 3 is 2.38 bits per heavy atom. The quantitative estimate of drug-likeness (QED) is 0.339. The van der Waals surface area contributed by atoms with Crippen molar-refractivity contribution in [3.05, 3.63) is 39.1 Å². The van der Waals surface area contributed by atoms with Gasteiger partial charge in [-0.05, 0) is 76.7 Å². The Bertz CT molecular complexity index is 873. The van der Waals surface area contributed by atoms with Crippen molar-refractivity contribution in [2.45, 2.75) is 67.2 Å². The van der Waals surface area contributed by atoms with E-state index in [-0.39, 0.29) is 23.0 Å². The van der Waals surface area contributed by atoms with E-state index in [1.807, 2.05) is 13.0 Å². The molecule has 0 radical (unpaired) electrons. The molecule has 1 aliphatic rings. The number of benzene rings is 1. The zero-order chi connectivity index (χ0) is 22.1. The summed E-state index contributed by atoms with van der Waals surface area (Å²) in [6.45, 7) is 16.6. The summed E-state index contributed by atoms with van der Waals surface area (Å²) >= 11 is 3.76. The van der Waals surface area contributed by atoms with Gasteiger partial charge in [0.2, 0.25) is 5.83 Å². The minimum atomic E-state index is -0.951. The van der Waals surface area contributed by atoms with Crippen molar-refractivity contribution in [3.63, 3.8) is 0 Å². The van der Waals surface area contributed by atoms with Crippen molar-refractivity contribution < 1.29 is 18.7 Å². The van der Waals surface area contributed by atoms with Gasteiger partial charge in [0.25, 0.3) is 0 Å². The van der Waals surface area contributed by atoms with Crippen molar-refractivity contribution in [3.8, 4) is 5.75 Å².